The van der Waals surface area contributed by atoms with E-state index in [0.717, 1.165) is 23.8 Å². The van der Waals surface area contributed by atoms with E-state index in [0.29, 0.717) is 0 Å². The van der Waals surface area contributed by atoms with E-state index >= 15 is 0 Å². The van der Waals surface area contributed by atoms with E-state index in [9.17, 15) is 5.11 Å². The molecule has 0 amide bonds. The molecule has 1 aromatic rings. The van der Waals surface area contributed by atoms with Gasteiger partial charge < -0.3 is 5.11 Å². The lowest BCUT2D eigenvalue weighted by molar-refractivity contribution is 0.130. The van der Waals surface area contributed by atoms with Gasteiger partial charge in [0.1, 0.15) is 0 Å². The summed E-state index contributed by atoms with van der Waals surface area (Å²) in [5.41, 5.74) is 1.18. The van der Waals surface area contributed by atoms with Gasteiger partial charge in [-0.25, -0.2) is 0 Å². The summed E-state index contributed by atoms with van der Waals surface area (Å²) < 4.78 is 0. The summed E-state index contributed by atoms with van der Waals surface area (Å²) in [5, 5.41) is 10.9. The van der Waals surface area contributed by atoms with Gasteiger partial charge in [0.05, 0.1) is 6.10 Å². The summed E-state index contributed by atoms with van der Waals surface area (Å²) in [4.78, 5) is 0. The number of hydrogen-bond acceptors (Lipinski definition) is 1. The van der Waals surface area contributed by atoms with Crippen molar-refractivity contribution in [3.05, 3.63) is 34.9 Å². The van der Waals surface area contributed by atoms with E-state index in [1.807, 2.05) is 24.3 Å². The summed E-state index contributed by atoms with van der Waals surface area (Å²) in [5.74, 6) is 0.742. The molecular weight excluding hydrogens is 232 g/mol. The summed E-state index contributed by atoms with van der Waals surface area (Å²) in [6.07, 6.45) is 8.20. The van der Waals surface area contributed by atoms with Crippen molar-refractivity contribution in [2.45, 2.75) is 51.0 Å². The van der Waals surface area contributed by atoms with Crippen LogP contribution in [0.2, 0.25) is 5.02 Å². The third-order valence-corrected chi connectivity index (χ3v) is 3.97. The number of benzene rings is 1. The fourth-order valence-electron chi connectivity index (χ4n) is 2.78. The van der Waals surface area contributed by atoms with Crippen molar-refractivity contribution in [1.29, 1.82) is 0 Å². The second-order valence-corrected chi connectivity index (χ2v) is 5.66. The highest BCUT2D eigenvalue weighted by Gasteiger charge is 2.17. The molecule has 1 aliphatic rings. The SMILES string of the molecule is OC(Cc1ccc(Cl)cc1)CC1CCCCC1. The number of rotatable bonds is 4. The summed E-state index contributed by atoms with van der Waals surface area (Å²) in [6, 6.07) is 7.80. The Hall–Kier alpha value is -0.530. The van der Waals surface area contributed by atoms with Crippen LogP contribution in [0.4, 0.5) is 0 Å². The van der Waals surface area contributed by atoms with E-state index in [-0.39, 0.29) is 6.10 Å². The molecule has 0 bridgehead atoms. The first-order chi connectivity index (χ1) is 8.24. The highest BCUT2D eigenvalue weighted by atomic mass is 35.5. The molecule has 1 aromatic carbocycles. The zero-order valence-corrected chi connectivity index (χ0v) is 11.0. The maximum absolute atomic E-state index is 10.1. The quantitative estimate of drug-likeness (QED) is 0.851. The Morgan fingerprint density at radius 3 is 2.41 bits per heavy atom. The lowest BCUT2D eigenvalue weighted by Crippen LogP contribution is -2.18. The largest absolute Gasteiger partial charge is 0.393 e. The van der Waals surface area contributed by atoms with Crippen LogP contribution in [0.3, 0.4) is 0 Å². The van der Waals surface area contributed by atoms with Gasteiger partial charge in [-0.05, 0) is 36.5 Å². The van der Waals surface area contributed by atoms with Gasteiger partial charge in [0.15, 0.2) is 0 Å². The van der Waals surface area contributed by atoms with Crippen molar-refractivity contribution in [2.75, 3.05) is 0 Å². The van der Waals surface area contributed by atoms with Gasteiger partial charge in [0.25, 0.3) is 0 Å². The molecule has 17 heavy (non-hydrogen) atoms. The average molecular weight is 253 g/mol. The molecule has 1 aliphatic carbocycles. The number of hydrogen-bond donors (Lipinski definition) is 1. The molecule has 0 saturated heterocycles. The lowest BCUT2D eigenvalue weighted by Gasteiger charge is -2.24. The first-order valence-corrected chi connectivity index (χ1v) is 7.04. The average Bonchev–Trinajstić information content (AvgIpc) is 2.33. The van der Waals surface area contributed by atoms with Crippen molar-refractivity contribution in [3.63, 3.8) is 0 Å². The number of halogens is 1. The second-order valence-electron chi connectivity index (χ2n) is 5.22. The van der Waals surface area contributed by atoms with Crippen molar-refractivity contribution < 1.29 is 5.11 Å². The van der Waals surface area contributed by atoms with E-state index in [1.165, 1.54) is 37.7 Å². The fraction of sp³-hybridized carbons (Fsp3) is 0.600. The minimum atomic E-state index is -0.195. The van der Waals surface area contributed by atoms with Crippen molar-refractivity contribution in [1.82, 2.24) is 0 Å². The summed E-state index contributed by atoms with van der Waals surface area (Å²) in [6.45, 7) is 0. The molecule has 1 unspecified atom stereocenters. The first kappa shape index (κ1) is 12.9. The van der Waals surface area contributed by atoms with Gasteiger partial charge in [-0.2, -0.15) is 0 Å². The van der Waals surface area contributed by atoms with Gasteiger partial charge in [-0.1, -0.05) is 55.8 Å². The maximum atomic E-state index is 10.1. The highest BCUT2D eigenvalue weighted by Crippen LogP contribution is 2.28. The van der Waals surface area contributed by atoms with Crippen LogP contribution in [-0.4, -0.2) is 11.2 Å². The van der Waals surface area contributed by atoms with Crippen LogP contribution in [0.25, 0.3) is 0 Å². The standard InChI is InChI=1S/C15H21ClO/c16-14-8-6-13(7-9-14)11-15(17)10-12-4-2-1-3-5-12/h6-9,12,15,17H,1-5,10-11H2. The molecule has 0 aromatic heterocycles. The molecule has 2 rings (SSSR count). The Labute approximate surface area is 109 Å². The zero-order chi connectivity index (χ0) is 12.1. The van der Waals surface area contributed by atoms with Gasteiger partial charge >= 0.3 is 0 Å². The molecule has 94 valence electrons. The van der Waals surface area contributed by atoms with E-state index < -0.39 is 0 Å². The molecular formula is C15H21ClO. The highest BCUT2D eigenvalue weighted by molar-refractivity contribution is 6.30. The molecule has 0 aliphatic heterocycles. The Kier molecular flexibility index (Phi) is 4.87. The van der Waals surface area contributed by atoms with Gasteiger partial charge in [0.2, 0.25) is 0 Å². The Morgan fingerprint density at radius 1 is 1.12 bits per heavy atom. The summed E-state index contributed by atoms with van der Waals surface area (Å²) >= 11 is 5.84. The van der Waals surface area contributed by atoms with Crippen LogP contribution < -0.4 is 0 Å². The predicted octanol–water partition coefficient (Wildman–Crippen LogP) is 4.21. The molecule has 1 N–H and O–H groups in total. The minimum absolute atomic E-state index is 0.195. The lowest BCUT2D eigenvalue weighted by atomic mass is 9.84. The maximum Gasteiger partial charge on any atom is 0.0583 e. The molecule has 0 heterocycles. The first-order valence-electron chi connectivity index (χ1n) is 6.66. The molecule has 1 saturated carbocycles. The Bertz CT molecular complexity index is 327. The Balaban J connectivity index is 1.79. The van der Waals surface area contributed by atoms with Crippen LogP contribution in [0.15, 0.2) is 24.3 Å². The molecule has 0 radical (unpaired) electrons. The monoisotopic (exact) mass is 252 g/mol. The van der Waals surface area contributed by atoms with Crippen LogP contribution in [-0.2, 0) is 6.42 Å². The van der Waals surface area contributed by atoms with Crippen LogP contribution in [0.1, 0.15) is 44.1 Å². The van der Waals surface area contributed by atoms with Gasteiger partial charge in [0, 0.05) is 5.02 Å². The number of aliphatic hydroxyl groups excluding tert-OH is 1. The predicted molar refractivity (Wildman–Crippen MR) is 72.4 cm³/mol. The smallest absolute Gasteiger partial charge is 0.0583 e. The minimum Gasteiger partial charge on any atom is -0.393 e. The van der Waals surface area contributed by atoms with Crippen molar-refractivity contribution in [3.8, 4) is 0 Å². The van der Waals surface area contributed by atoms with E-state index in [2.05, 4.69) is 0 Å². The normalized spacial score (nSPS) is 19.2. The zero-order valence-electron chi connectivity index (χ0n) is 10.2. The third-order valence-electron chi connectivity index (χ3n) is 3.71. The van der Waals surface area contributed by atoms with Crippen molar-refractivity contribution in [2.24, 2.45) is 5.92 Å². The van der Waals surface area contributed by atoms with Gasteiger partial charge in [-0.15, -0.1) is 0 Å². The van der Waals surface area contributed by atoms with Gasteiger partial charge in [-0.3, -0.25) is 0 Å². The summed E-state index contributed by atoms with van der Waals surface area (Å²) in [7, 11) is 0. The van der Waals surface area contributed by atoms with E-state index in [4.69, 9.17) is 11.6 Å². The van der Waals surface area contributed by atoms with Crippen LogP contribution >= 0.6 is 11.6 Å². The topological polar surface area (TPSA) is 20.2 Å². The van der Waals surface area contributed by atoms with Crippen LogP contribution in [0.5, 0.6) is 0 Å². The molecule has 1 fully saturated rings. The number of aliphatic hydroxyl groups is 1. The molecule has 1 atom stereocenters. The molecule has 0 spiro atoms. The van der Waals surface area contributed by atoms with Crippen LogP contribution in [0, 0.1) is 5.92 Å². The Morgan fingerprint density at radius 2 is 1.76 bits per heavy atom. The second kappa shape index (κ2) is 6.42. The van der Waals surface area contributed by atoms with Crippen molar-refractivity contribution >= 4 is 11.6 Å². The molecule has 1 nitrogen and oxygen atoms in total. The van der Waals surface area contributed by atoms with E-state index in [1.54, 1.807) is 0 Å². The third kappa shape index (κ3) is 4.33. The molecule has 2 heteroatoms. The fourth-order valence-corrected chi connectivity index (χ4v) is 2.91.